The zero-order valence-corrected chi connectivity index (χ0v) is 95.6. The molecule has 0 aromatic heterocycles. The summed E-state index contributed by atoms with van der Waals surface area (Å²) in [5.74, 6) is 0.0965. The summed E-state index contributed by atoms with van der Waals surface area (Å²) in [6, 6.07) is 0. The number of hydrogen-bond acceptors (Lipinski definition) is 32. The molecule has 0 aromatic carbocycles. The van der Waals surface area contributed by atoms with E-state index < -0.39 is 68.7 Å². The van der Waals surface area contributed by atoms with Gasteiger partial charge in [0, 0.05) is 54.4 Å². The third kappa shape index (κ3) is 59.9. The Morgan fingerprint density at radius 3 is 1.04 bits per heavy atom. The molecule has 0 saturated heterocycles. The Kier molecular flexibility index (Phi) is 57.6. The lowest BCUT2D eigenvalue weighted by atomic mass is 9.80. The molecular formula is C113H184O32. The third-order valence-electron chi connectivity index (χ3n) is 21.0. The summed E-state index contributed by atoms with van der Waals surface area (Å²) in [4.78, 5) is 243. The van der Waals surface area contributed by atoms with Crippen LogP contribution in [0.5, 0.6) is 0 Å². The minimum atomic E-state index is -1.27. The van der Waals surface area contributed by atoms with E-state index in [0.29, 0.717) is 112 Å². The van der Waals surface area contributed by atoms with Crippen LogP contribution in [0.1, 0.15) is 424 Å². The van der Waals surface area contributed by atoms with Gasteiger partial charge in [-0.15, -0.1) is 0 Å². The summed E-state index contributed by atoms with van der Waals surface area (Å²) in [6.45, 7) is 74.8. The van der Waals surface area contributed by atoms with Crippen LogP contribution in [0.2, 0.25) is 0 Å². The lowest BCUT2D eigenvalue weighted by molar-refractivity contribution is -0.440. The molecule has 9 rings (SSSR count). The maximum atomic E-state index is 12.2. The molecule has 0 radical (unpaired) electrons. The van der Waals surface area contributed by atoms with Gasteiger partial charge in [0.2, 0.25) is 5.60 Å². The Labute approximate surface area is 866 Å². The number of Topliss-reactive ketones (excluding diaryl/α,β-unsaturated/α-hetero) is 9. The van der Waals surface area contributed by atoms with Crippen molar-refractivity contribution in [3.63, 3.8) is 0 Å². The fourth-order valence-corrected chi connectivity index (χ4v) is 13.6. The van der Waals surface area contributed by atoms with Crippen molar-refractivity contribution in [1.82, 2.24) is 0 Å². The molecule has 828 valence electrons. The third-order valence-corrected chi connectivity index (χ3v) is 21.0. The lowest BCUT2D eigenvalue weighted by Crippen LogP contribution is -2.53. The summed E-state index contributed by atoms with van der Waals surface area (Å²) >= 11 is 0. The van der Waals surface area contributed by atoms with Crippen molar-refractivity contribution in [2.24, 2.45) is 0 Å². The molecule has 32 nitrogen and oxygen atoms in total. The van der Waals surface area contributed by atoms with Crippen molar-refractivity contribution < 1.29 is 155 Å². The van der Waals surface area contributed by atoms with E-state index in [1.54, 1.807) is 32.9 Å². The fraction of sp³-hybridized carbons (Fsp3) is 0.735. The van der Waals surface area contributed by atoms with Crippen LogP contribution in [0, 0.1) is 0 Å². The number of rotatable bonds is 29. The van der Waals surface area contributed by atoms with Crippen LogP contribution in [0.3, 0.4) is 0 Å². The second-order valence-corrected chi connectivity index (χ2v) is 47.7. The summed E-state index contributed by atoms with van der Waals surface area (Å²) in [7, 11) is 0. The van der Waals surface area contributed by atoms with Gasteiger partial charge in [-0.25, -0.2) is 97.8 Å². The highest BCUT2D eigenvalue weighted by atomic mass is 17.3. The van der Waals surface area contributed by atoms with Crippen molar-refractivity contribution in [2.45, 2.75) is 540 Å². The number of carbonyl (C=O) groups excluding carboxylic acids is 12. The highest BCUT2D eigenvalue weighted by Crippen LogP contribution is 2.39. The normalized spacial score (nSPS) is 23.2. The molecule has 9 aliphatic carbocycles. The van der Waals surface area contributed by atoms with E-state index in [9.17, 15) is 57.5 Å². The van der Waals surface area contributed by atoms with E-state index in [-0.39, 0.29) is 110 Å². The van der Waals surface area contributed by atoms with Crippen molar-refractivity contribution in [3.8, 4) is 0 Å². The quantitative estimate of drug-likeness (QED) is 0.0381. The van der Waals surface area contributed by atoms with E-state index in [2.05, 4.69) is 6.58 Å². The Bertz CT molecular complexity index is 4370. The Morgan fingerprint density at radius 1 is 0.297 bits per heavy atom. The Hall–Kier alpha value is -7.10. The zero-order chi connectivity index (χ0) is 112. The number of ketones is 12. The van der Waals surface area contributed by atoms with Crippen molar-refractivity contribution >= 4 is 69.4 Å². The van der Waals surface area contributed by atoms with Crippen molar-refractivity contribution in [1.29, 1.82) is 0 Å². The number of carbonyl (C=O) groups is 12. The van der Waals surface area contributed by atoms with E-state index in [4.69, 9.17) is 97.8 Å². The zero-order valence-electron chi connectivity index (χ0n) is 95.6. The van der Waals surface area contributed by atoms with E-state index in [0.717, 1.165) is 87.3 Å². The predicted molar refractivity (Wildman–Crippen MR) is 552 cm³/mol. The van der Waals surface area contributed by atoms with E-state index >= 15 is 0 Å². The van der Waals surface area contributed by atoms with Gasteiger partial charge in [-0.1, -0.05) is 24.8 Å². The van der Waals surface area contributed by atoms with Gasteiger partial charge in [0.1, 0.15) is 54.1 Å². The molecular weight excluding hydrogens is 1870 g/mol. The van der Waals surface area contributed by atoms with Crippen LogP contribution < -0.4 is 0 Å². The second-order valence-electron chi connectivity index (χ2n) is 47.7. The second kappa shape index (κ2) is 61.4. The molecule has 0 heterocycles. The van der Waals surface area contributed by atoms with Gasteiger partial charge in [-0.3, -0.25) is 57.5 Å². The Balaban J connectivity index is 0.000000820. The lowest BCUT2D eigenvalue weighted by Gasteiger charge is -2.38. The van der Waals surface area contributed by atoms with E-state index in [1.807, 2.05) is 245 Å². The first-order chi connectivity index (χ1) is 66.1. The average Bonchev–Trinajstić information content (AvgIpc) is 0.784. The molecule has 1 saturated carbocycles. The van der Waals surface area contributed by atoms with Crippen LogP contribution in [0.15, 0.2) is 106 Å². The van der Waals surface area contributed by atoms with Crippen molar-refractivity contribution in [3.05, 3.63) is 106 Å². The smallest absolute Gasteiger partial charge is 0.208 e. The van der Waals surface area contributed by atoms with Gasteiger partial charge in [-0.2, -0.15) is 0 Å². The van der Waals surface area contributed by atoms with Crippen LogP contribution in [0.4, 0.5) is 0 Å². The van der Waals surface area contributed by atoms with E-state index in [1.165, 1.54) is 52.8 Å². The van der Waals surface area contributed by atoms with Crippen LogP contribution in [-0.4, -0.2) is 185 Å². The number of hydrogen-bond donors (Lipinski definition) is 0. The highest BCUT2D eigenvalue weighted by Gasteiger charge is 2.49. The summed E-state index contributed by atoms with van der Waals surface area (Å²) in [6.07, 6.45) is 32.6. The SMILES string of the molecule is C=C(C)C1(OOC(C)(C)C)CCC(=O)CC1.CC(=O)C1(OOC(C)(C)C)C=CCCC1.CC(=O)C1(OOC(C)(C)C)C=CCCC1OOC(C)(C)C.CC(=O)C1=CC(=O)CCC1.CC(=O)C1=CC(=O)CCC1OOC(C)(C)C.CC(=O)C1=CC(=O)CCC1OOC(C)(C)C.CC(=O)C1=CC(OOC(C)(C)C)CCC1.CC(=O)C1=CC(OOC(C)(C)C)CCC1OOC(C)(C)C.CC(=O)C1=CCCCC1OOC(C)(C)C. The van der Waals surface area contributed by atoms with Crippen molar-refractivity contribution in [2.75, 3.05) is 0 Å². The largest absolute Gasteiger partial charge is 0.300 e. The summed E-state index contributed by atoms with van der Waals surface area (Å²) < 4.78 is 0. The van der Waals surface area contributed by atoms with Gasteiger partial charge in [0.15, 0.2) is 69.2 Å². The molecule has 32 heteroatoms. The van der Waals surface area contributed by atoms with Crippen LogP contribution >= 0.6 is 0 Å². The molecule has 0 N–H and O–H groups in total. The average molecular weight is 2050 g/mol. The molecule has 145 heavy (non-hydrogen) atoms. The highest BCUT2D eigenvalue weighted by molar-refractivity contribution is 6.05. The van der Waals surface area contributed by atoms with Gasteiger partial charge in [-0.05, 0) is 451 Å². The van der Waals surface area contributed by atoms with Crippen LogP contribution in [-0.2, 0) is 155 Å². The molecule has 0 aliphatic heterocycles. The summed E-state index contributed by atoms with van der Waals surface area (Å²) in [5.41, 5.74) is -1.98. The molecule has 1 fully saturated rings. The van der Waals surface area contributed by atoms with Gasteiger partial charge in [0.05, 0.1) is 56.0 Å². The minimum Gasteiger partial charge on any atom is -0.300 e. The molecule has 0 bridgehead atoms. The molecule has 0 amide bonds. The predicted octanol–water partition coefficient (Wildman–Crippen LogP) is 23.9. The molecule has 9 aliphatic rings. The fourth-order valence-electron chi connectivity index (χ4n) is 13.6. The first-order valence-corrected chi connectivity index (χ1v) is 51.1. The first kappa shape index (κ1) is 136. The molecule has 9 atom stereocenters. The molecule has 9 unspecified atom stereocenters. The standard InChI is InChI=1S/2C16H28O5.C13H22O3.2C12H18O4.3C12H20O3.C8H10O2/c1-11(17)13-10-12(18-20-15(2,3)4)8-9-14(13)19-21-16(5,6)7;1-12(17)16(21-20-15(5,6)7)11-9-8-10-13(16)18-19-14(2,3)4;1-10(2)13(16-15-12(3,4)5)8-6-11(14)7-9-13;2*1-8(13)10-7-9(14)5-6-11(10)15-16-12(2,3)4;1-9(13)10-6-5-7-11(8-10)14-15-12(2,3)4;1-10(13)12(8-6-5-7-9-12)15-14-11(2,3)4;1-9(13)10-7-5-6-8-11(10)14-15-12(2,3)4;1-6(9)7-3-2-4-8(10)5-7/h10,12,14H,8-9H2,1-7H3;9,11,13H,8,10H2,1-7H3;1,6-9H2,2-5H3;2*7,11H,5-6H2,1-4H3;8,11H,5-7H2,1-4H3;6,8H,5,7,9H2,1-4H3;7,11H,5-6,8H2,1-4H3;5H,2-4H2,1H3. The topological polar surface area (TPSA) is 389 Å². The Morgan fingerprint density at radius 2 is 0.669 bits per heavy atom. The van der Waals surface area contributed by atoms with Gasteiger partial charge >= 0.3 is 0 Å². The maximum absolute atomic E-state index is 12.2. The number of allylic oxidation sites excluding steroid dienone is 8. The van der Waals surface area contributed by atoms with Crippen LogP contribution in [0.25, 0.3) is 0 Å². The molecule has 0 aromatic rings. The maximum Gasteiger partial charge on any atom is 0.208 e. The monoisotopic (exact) mass is 2050 g/mol. The minimum absolute atomic E-state index is 0.00250. The van der Waals surface area contributed by atoms with Gasteiger partial charge < -0.3 is 0 Å². The first-order valence-electron chi connectivity index (χ1n) is 51.1. The summed E-state index contributed by atoms with van der Waals surface area (Å²) in [5, 5.41) is 0. The van der Waals surface area contributed by atoms with Gasteiger partial charge in [0.25, 0.3) is 0 Å². The molecule has 0 spiro atoms.